The summed E-state index contributed by atoms with van der Waals surface area (Å²) >= 11 is 9.81. The number of anilines is 2. The van der Waals surface area contributed by atoms with Crippen molar-refractivity contribution >= 4 is 50.2 Å². The van der Waals surface area contributed by atoms with Crippen molar-refractivity contribution < 1.29 is 0 Å². The van der Waals surface area contributed by atoms with Gasteiger partial charge in [-0.05, 0) is 52.5 Å². The van der Waals surface area contributed by atoms with Gasteiger partial charge in [0.05, 0.1) is 10.5 Å². The fourth-order valence-electron chi connectivity index (χ4n) is 3.51. The van der Waals surface area contributed by atoms with Crippen LogP contribution >= 0.6 is 27.5 Å². The van der Waals surface area contributed by atoms with Crippen molar-refractivity contribution in [3.63, 3.8) is 0 Å². The number of fused-ring (bicyclic) bond motifs is 1. The van der Waals surface area contributed by atoms with Crippen LogP contribution in [0.25, 0.3) is 22.0 Å². The normalized spacial score (nSPS) is 15.3. The van der Waals surface area contributed by atoms with E-state index in [4.69, 9.17) is 17.3 Å². The molecule has 0 amide bonds. The molecular formula is C19H19BrClN5. The van der Waals surface area contributed by atoms with E-state index in [1.54, 1.807) is 6.20 Å². The van der Waals surface area contributed by atoms with Gasteiger partial charge in [0.2, 0.25) is 5.95 Å². The summed E-state index contributed by atoms with van der Waals surface area (Å²) in [4.78, 5) is 13.0. The highest BCUT2D eigenvalue weighted by atomic mass is 79.9. The first-order chi connectivity index (χ1) is 12.6. The first-order valence-corrected chi connectivity index (χ1v) is 9.93. The molecule has 0 atom stereocenters. The van der Waals surface area contributed by atoms with E-state index in [0.29, 0.717) is 15.7 Å². The summed E-state index contributed by atoms with van der Waals surface area (Å²) in [5.41, 5.74) is 8.65. The van der Waals surface area contributed by atoms with Crippen molar-refractivity contribution in [1.29, 1.82) is 0 Å². The Morgan fingerprint density at radius 1 is 1.12 bits per heavy atom. The highest BCUT2D eigenvalue weighted by Gasteiger charge is 2.17. The van der Waals surface area contributed by atoms with E-state index in [1.165, 1.54) is 19.3 Å². The van der Waals surface area contributed by atoms with Gasteiger partial charge in [-0.25, -0.2) is 9.97 Å². The highest BCUT2D eigenvalue weighted by Crippen LogP contribution is 2.35. The van der Waals surface area contributed by atoms with Gasteiger partial charge in [0, 0.05) is 23.2 Å². The Morgan fingerprint density at radius 3 is 2.73 bits per heavy atom. The van der Waals surface area contributed by atoms with Gasteiger partial charge in [-0.15, -0.1) is 0 Å². The largest absolute Gasteiger partial charge is 0.368 e. The zero-order chi connectivity index (χ0) is 18.1. The van der Waals surface area contributed by atoms with E-state index in [-0.39, 0.29) is 5.95 Å². The van der Waals surface area contributed by atoms with E-state index < -0.39 is 0 Å². The van der Waals surface area contributed by atoms with Crippen LogP contribution < -0.4 is 11.1 Å². The second-order valence-corrected chi connectivity index (χ2v) is 7.73. The molecule has 7 heteroatoms. The van der Waals surface area contributed by atoms with Gasteiger partial charge >= 0.3 is 0 Å². The topological polar surface area (TPSA) is 76.7 Å². The molecule has 0 unspecified atom stereocenters. The van der Waals surface area contributed by atoms with Crippen molar-refractivity contribution in [3.8, 4) is 11.1 Å². The number of hydrogen-bond donors (Lipinski definition) is 2. The van der Waals surface area contributed by atoms with Gasteiger partial charge in [-0.2, -0.15) is 4.98 Å². The van der Waals surface area contributed by atoms with Gasteiger partial charge in [0.1, 0.15) is 10.4 Å². The lowest BCUT2D eigenvalue weighted by Gasteiger charge is -2.24. The number of aromatic nitrogens is 3. The van der Waals surface area contributed by atoms with Crippen LogP contribution in [0.5, 0.6) is 0 Å². The summed E-state index contributed by atoms with van der Waals surface area (Å²) in [6.07, 6.45) is 7.87. The standard InChI is InChI=1S/C19H19BrClN5/c20-17-16(21)13(8-9-23-17)11-6-7-15-14(10-11)18(26-19(22)25-15)24-12-4-2-1-3-5-12/h6-10,12H,1-5H2,(H3,22,24,25,26). The van der Waals surface area contributed by atoms with E-state index in [1.807, 2.05) is 18.2 Å². The van der Waals surface area contributed by atoms with E-state index in [0.717, 1.165) is 40.7 Å². The lowest BCUT2D eigenvalue weighted by Crippen LogP contribution is -2.23. The molecule has 26 heavy (non-hydrogen) atoms. The van der Waals surface area contributed by atoms with Crippen LogP contribution in [0.3, 0.4) is 0 Å². The Hall–Kier alpha value is -1.92. The van der Waals surface area contributed by atoms with Crippen LogP contribution in [-0.4, -0.2) is 21.0 Å². The Bertz CT molecular complexity index is 956. The van der Waals surface area contributed by atoms with Crippen LogP contribution in [-0.2, 0) is 0 Å². The summed E-state index contributed by atoms with van der Waals surface area (Å²) in [5, 5.41) is 5.12. The molecule has 2 heterocycles. The third-order valence-corrected chi connectivity index (χ3v) is 6.03. The molecule has 0 bridgehead atoms. The Kier molecular flexibility index (Phi) is 4.96. The van der Waals surface area contributed by atoms with Gasteiger partial charge in [-0.3, -0.25) is 0 Å². The number of nitrogens with zero attached hydrogens (tertiary/aromatic N) is 3. The molecule has 2 aromatic heterocycles. The molecular weight excluding hydrogens is 414 g/mol. The second kappa shape index (κ2) is 7.37. The fraction of sp³-hybridized carbons (Fsp3) is 0.316. The minimum absolute atomic E-state index is 0.285. The van der Waals surface area contributed by atoms with Gasteiger partial charge in [0.25, 0.3) is 0 Å². The van der Waals surface area contributed by atoms with Crippen molar-refractivity contribution in [1.82, 2.24) is 15.0 Å². The van der Waals surface area contributed by atoms with Crippen LogP contribution in [0, 0.1) is 0 Å². The predicted octanol–water partition coefficient (Wildman–Crippen LogP) is 5.43. The molecule has 1 aliphatic rings. The molecule has 4 rings (SSSR count). The summed E-state index contributed by atoms with van der Waals surface area (Å²) in [6, 6.07) is 8.35. The Morgan fingerprint density at radius 2 is 1.92 bits per heavy atom. The van der Waals surface area contributed by atoms with E-state index >= 15 is 0 Å². The average molecular weight is 433 g/mol. The molecule has 1 saturated carbocycles. The zero-order valence-corrected chi connectivity index (χ0v) is 16.5. The molecule has 0 saturated heterocycles. The SMILES string of the molecule is Nc1nc(NC2CCCCC2)c2cc(-c3ccnc(Br)c3Cl)ccc2n1. The molecule has 1 fully saturated rings. The molecule has 3 N–H and O–H groups in total. The summed E-state index contributed by atoms with van der Waals surface area (Å²) in [5.74, 6) is 1.08. The Balaban J connectivity index is 1.79. The lowest BCUT2D eigenvalue weighted by atomic mass is 9.95. The second-order valence-electron chi connectivity index (χ2n) is 6.60. The van der Waals surface area contributed by atoms with E-state index in [2.05, 4.69) is 42.3 Å². The molecule has 5 nitrogen and oxygen atoms in total. The predicted molar refractivity (Wildman–Crippen MR) is 110 cm³/mol. The molecule has 0 radical (unpaired) electrons. The van der Waals surface area contributed by atoms with Crippen LogP contribution in [0.2, 0.25) is 5.02 Å². The quantitative estimate of drug-likeness (QED) is 0.539. The molecule has 1 aromatic carbocycles. The van der Waals surface area contributed by atoms with Crippen molar-refractivity contribution in [2.24, 2.45) is 0 Å². The van der Waals surface area contributed by atoms with Gasteiger partial charge in [0.15, 0.2) is 0 Å². The van der Waals surface area contributed by atoms with Gasteiger partial charge < -0.3 is 11.1 Å². The molecule has 0 aliphatic heterocycles. The van der Waals surface area contributed by atoms with Crippen molar-refractivity contribution in [3.05, 3.63) is 40.1 Å². The van der Waals surface area contributed by atoms with Crippen molar-refractivity contribution in [2.75, 3.05) is 11.1 Å². The summed E-state index contributed by atoms with van der Waals surface area (Å²) in [7, 11) is 0. The lowest BCUT2D eigenvalue weighted by molar-refractivity contribution is 0.462. The minimum atomic E-state index is 0.285. The number of rotatable bonds is 3. The smallest absolute Gasteiger partial charge is 0.222 e. The number of benzene rings is 1. The van der Waals surface area contributed by atoms with Gasteiger partial charge in [-0.1, -0.05) is 36.9 Å². The zero-order valence-electron chi connectivity index (χ0n) is 14.2. The number of hydrogen-bond acceptors (Lipinski definition) is 5. The fourth-order valence-corrected chi connectivity index (χ4v) is 4.06. The van der Waals surface area contributed by atoms with Crippen LogP contribution in [0.1, 0.15) is 32.1 Å². The number of nitrogens with one attached hydrogen (secondary N) is 1. The highest BCUT2D eigenvalue weighted by molar-refractivity contribution is 9.10. The number of halogens is 2. The molecule has 3 aromatic rings. The third kappa shape index (κ3) is 3.48. The minimum Gasteiger partial charge on any atom is -0.368 e. The molecule has 134 valence electrons. The van der Waals surface area contributed by atoms with E-state index in [9.17, 15) is 0 Å². The average Bonchev–Trinajstić information content (AvgIpc) is 2.64. The number of nitrogen functional groups attached to an aromatic ring is 1. The Labute approximate surface area is 165 Å². The van der Waals surface area contributed by atoms with Crippen LogP contribution in [0.4, 0.5) is 11.8 Å². The maximum Gasteiger partial charge on any atom is 0.222 e. The van der Waals surface area contributed by atoms with Crippen LogP contribution in [0.15, 0.2) is 35.1 Å². The first-order valence-electron chi connectivity index (χ1n) is 8.76. The molecule has 1 aliphatic carbocycles. The third-order valence-electron chi connectivity index (χ3n) is 4.82. The number of pyridine rings is 1. The summed E-state index contributed by atoms with van der Waals surface area (Å²) in [6.45, 7) is 0. The number of nitrogens with two attached hydrogens (primary N) is 1. The maximum atomic E-state index is 6.42. The summed E-state index contributed by atoms with van der Waals surface area (Å²) < 4.78 is 0.630. The maximum absolute atomic E-state index is 6.42. The molecule has 0 spiro atoms. The first kappa shape index (κ1) is 17.5. The van der Waals surface area contributed by atoms with Crippen molar-refractivity contribution in [2.45, 2.75) is 38.1 Å². The monoisotopic (exact) mass is 431 g/mol.